The highest BCUT2D eigenvalue weighted by Crippen LogP contribution is 2.36. The van der Waals surface area contributed by atoms with Crippen LogP contribution in [0.25, 0.3) is 6.08 Å². The van der Waals surface area contributed by atoms with Crippen LogP contribution in [0.1, 0.15) is 16.7 Å². The largest absolute Gasteiger partial charge is 0.493 e. The highest BCUT2D eigenvalue weighted by atomic mass is 79.9. The van der Waals surface area contributed by atoms with Gasteiger partial charge in [-0.25, -0.2) is 9.69 Å². The number of nitrogens with zero attached hydrogens (tertiary/aromatic N) is 1. The predicted octanol–water partition coefficient (Wildman–Crippen LogP) is 3.75. The van der Waals surface area contributed by atoms with Crippen LogP contribution in [0.5, 0.6) is 11.5 Å². The Balaban J connectivity index is 2.12. The summed E-state index contributed by atoms with van der Waals surface area (Å²) in [5.41, 5.74) is 2.43. The van der Waals surface area contributed by atoms with Gasteiger partial charge >= 0.3 is 6.03 Å². The van der Waals surface area contributed by atoms with E-state index >= 15 is 0 Å². The monoisotopic (exact) mass is 458 g/mol. The average Bonchev–Trinajstić information content (AvgIpc) is 2.63. The van der Waals surface area contributed by atoms with Crippen LogP contribution in [-0.2, 0) is 9.59 Å². The van der Waals surface area contributed by atoms with Crippen molar-refractivity contribution in [1.29, 1.82) is 0 Å². The molecule has 0 aromatic heterocycles. The molecule has 7 nitrogen and oxygen atoms in total. The maximum absolute atomic E-state index is 13.1. The van der Waals surface area contributed by atoms with E-state index < -0.39 is 17.8 Å². The Morgan fingerprint density at radius 3 is 2.21 bits per heavy atom. The van der Waals surface area contributed by atoms with Gasteiger partial charge < -0.3 is 9.47 Å². The lowest BCUT2D eigenvalue weighted by atomic mass is 10.0. The smallest absolute Gasteiger partial charge is 0.335 e. The van der Waals surface area contributed by atoms with Gasteiger partial charge in [0.05, 0.1) is 19.9 Å². The first-order chi connectivity index (χ1) is 13.7. The van der Waals surface area contributed by atoms with E-state index in [4.69, 9.17) is 9.47 Å². The molecule has 1 heterocycles. The number of methoxy groups -OCH3 is 2. The van der Waals surface area contributed by atoms with Crippen molar-refractivity contribution in [1.82, 2.24) is 5.32 Å². The number of nitrogens with one attached hydrogen (secondary N) is 1. The van der Waals surface area contributed by atoms with Gasteiger partial charge in [0, 0.05) is 10.0 Å². The zero-order chi connectivity index (χ0) is 21.3. The van der Waals surface area contributed by atoms with Gasteiger partial charge in [-0.05, 0) is 55.3 Å². The summed E-state index contributed by atoms with van der Waals surface area (Å²) in [4.78, 5) is 38.9. The number of barbiturate groups is 1. The van der Waals surface area contributed by atoms with Crippen molar-refractivity contribution >= 4 is 45.5 Å². The molecule has 4 amide bonds. The van der Waals surface area contributed by atoms with Gasteiger partial charge in [0.2, 0.25) is 0 Å². The molecule has 0 radical (unpaired) electrons. The third kappa shape index (κ3) is 4.02. The fourth-order valence-electron chi connectivity index (χ4n) is 3.19. The standard InChI is InChI=1S/C21H19BrN2O5/c1-11-5-12(2)7-15(6-11)24-20(26)16(19(25)23-21(24)27)9-13-8-14(22)10-17(28-3)18(13)29-4/h5-10H,1-4H3,(H,23,25,27). The average molecular weight is 459 g/mol. The predicted molar refractivity (Wildman–Crippen MR) is 112 cm³/mol. The normalized spacial score (nSPS) is 15.6. The first kappa shape index (κ1) is 20.6. The Morgan fingerprint density at radius 2 is 1.62 bits per heavy atom. The molecule has 0 unspecified atom stereocenters. The van der Waals surface area contributed by atoms with Gasteiger partial charge in [0.25, 0.3) is 11.8 Å². The first-order valence-electron chi connectivity index (χ1n) is 8.66. The van der Waals surface area contributed by atoms with Gasteiger partial charge in [-0.2, -0.15) is 0 Å². The number of benzene rings is 2. The molecule has 2 aromatic carbocycles. The first-order valence-corrected chi connectivity index (χ1v) is 9.45. The highest BCUT2D eigenvalue weighted by Gasteiger charge is 2.37. The SMILES string of the molecule is COc1cc(Br)cc(C=C2C(=O)NC(=O)N(c3cc(C)cc(C)c3)C2=O)c1OC. The van der Waals surface area contributed by atoms with Gasteiger partial charge in [-0.15, -0.1) is 0 Å². The minimum Gasteiger partial charge on any atom is -0.493 e. The van der Waals surface area contributed by atoms with Crippen LogP contribution < -0.4 is 19.7 Å². The molecule has 1 aliphatic rings. The molecule has 0 spiro atoms. The van der Waals surface area contributed by atoms with E-state index in [-0.39, 0.29) is 5.57 Å². The number of hydrogen-bond acceptors (Lipinski definition) is 5. The number of ether oxygens (including phenoxy) is 2. The lowest BCUT2D eigenvalue weighted by molar-refractivity contribution is -0.122. The van der Waals surface area contributed by atoms with Crippen LogP contribution in [0.3, 0.4) is 0 Å². The second-order valence-electron chi connectivity index (χ2n) is 6.53. The summed E-state index contributed by atoms with van der Waals surface area (Å²) in [6, 6.07) is 7.94. The Bertz CT molecular complexity index is 1040. The molecule has 1 aliphatic heterocycles. The topological polar surface area (TPSA) is 84.9 Å². The fraction of sp³-hybridized carbons (Fsp3) is 0.190. The molecule has 0 atom stereocenters. The van der Waals surface area contributed by atoms with Crippen LogP contribution in [0.2, 0.25) is 0 Å². The third-order valence-electron chi connectivity index (χ3n) is 4.34. The number of rotatable bonds is 4. The summed E-state index contributed by atoms with van der Waals surface area (Å²) in [6.45, 7) is 3.73. The van der Waals surface area contributed by atoms with E-state index in [0.29, 0.717) is 27.2 Å². The Labute approximate surface area is 176 Å². The lowest BCUT2D eigenvalue weighted by Gasteiger charge is -2.27. The van der Waals surface area contributed by atoms with E-state index in [1.165, 1.54) is 20.3 Å². The van der Waals surface area contributed by atoms with Crippen LogP contribution >= 0.6 is 15.9 Å². The second-order valence-corrected chi connectivity index (χ2v) is 7.45. The van der Waals surface area contributed by atoms with Crippen LogP contribution in [0.4, 0.5) is 10.5 Å². The molecule has 0 bridgehead atoms. The summed E-state index contributed by atoms with van der Waals surface area (Å²) in [5, 5.41) is 2.22. The Morgan fingerprint density at radius 1 is 0.966 bits per heavy atom. The van der Waals surface area contributed by atoms with Crippen molar-refractivity contribution < 1.29 is 23.9 Å². The third-order valence-corrected chi connectivity index (χ3v) is 4.80. The Kier molecular flexibility index (Phi) is 5.74. The second kappa shape index (κ2) is 8.08. The van der Waals surface area contributed by atoms with E-state index in [9.17, 15) is 14.4 Å². The van der Waals surface area contributed by atoms with Crippen LogP contribution in [-0.4, -0.2) is 32.1 Å². The Hall–Kier alpha value is -3.13. The zero-order valence-corrected chi connectivity index (χ0v) is 17.9. The van der Waals surface area contributed by atoms with E-state index in [1.54, 1.807) is 24.3 Å². The van der Waals surface area contributed by atoms with E-state index in [2.05, 4.69) is 21.2 Å². The molecular formula is C21H19BrN2O5. The lowest BCUT2D eigenvalue weighted by Crippen LogP contribution is -2.54. The number of carbonyl (C=O) groups is 3. The number of amides is 4. The summed E-state index contributed by atoms with van der Waals surface area (Å²) >= 11 is 3.37. The summed E-state index contributed by atoms with van der Waals surface area (Å²) in [6.07, 6.45) is 1.38. The zero-order valence-electron chi connectivity index (χ0n) is 16.3. The summed E-state index contributed by atoms with van der Waals surface area (Å²) in [5.74, 6) is -0.704. The van der Waals surface area contributed by atoms with Crippen LogP contribution in [0.15, 0.2) is 40.4 Å². The van der Waals surface area contributed by atoms with Crippen molar-refractivity contribution in [3.05, 3.63) is 57.1 Å². The maximum atomic E-state index is 13.1. The van der Waals surface area contributed by atoms with Crippen molar-refractivity contribution in [3.63, 3.8) is 0 Å². The molecule has 1 saturated heterocycles. The number of urea groups is 1. The molecule has 0 saturated carbocycles. The molecule has 150 valence electrons. The van der Waals surface area contributed by atoms with Gasteiger partial charge in [-0.1, -0.05) is 22.0 Å². The molecule has 29 heavy (non-hydrogen) atoms. The molecule has 3 rings (SSSR count). The molecule has 8 heteroatoms. The van der Waals surface area contributed by atoms with Crippen LogP contribution in [0, 0.1) is 13.8 Å². The van der Waals surface area contributed by atoms with Gasteiger partial charge in [0.15, 0.2) is 11.5 Å². The van der Waals surface area contributed by atoms with E-state index in [0.717, 1.165) is 16.0 Å². The van der Waals surface area contributed by atoms with E-state index in [1.807, 2.05) is 19.9 Å². The van der Waals surface area contributed by atoms with Crippen molar-refractivity contribution in [2.45, 2.75) is 13.8 Å². The molecule has 0 aliphatic carbocycles. The quantitative estimate of drug-likeness (QED) is 0.556. The summed E-state index contributed by atoms with van der Waals surface area (Å²) in [7, 11) is 2.95. The highest BCUT2D eigenvalue weighted by molar-refractivity contribution is 9.10. The maximum Gasteiger partial charge on any atom is 0.335 e. The summed E-state index contributed by atoms with van der Waals surface area (Å²) < 4.78 is 11.4. The minimum absolute atomic E-state index is 0.192. The molecule has 2 aromatic rings. The van der Waals surface area contributed by atoms with Crippen molar-refractivity contribution in [3.8, 4) is 11.5 Å². The number of carbonyl (C=O) groups excluding carboxylic acids is 3. The van der Waals surface area contributed by atoms with Crippen molar-refractivity contribution in [2.24, 2.45) is 0 Å². The van der Waals surface area contributed by atoms with Gasteiger partial charge in [0.1, 0.15) is 5.57 Å². The number of aryl methyl sites for hydroxylation is 2. The number of halogens is 1. The van der Waals surface area contributed by atoms with Gasteiger partial charge in [-0.3, -0.25) is 14.9 Å². The molecule has 1 fully saturated rings. The number of hydrogen-bond donors (Lipinski definition) is 1. The fourth-order valence-corrected chi connectivity index (χ4v) is 3.65. The molecule has 1 N–H and O–H groups in total. The van der Waals surface area contributed by atoms with Crippen molar-refractivity contribution in [2.75, 3.05) is 19.1 Å². The molecular weight excluding hydrogens is 440 g/mol. The number of anilines is 1. The minimum atomic E-state index is -0.791. The number of imide groups is 2.